The predicted molar refractivity (Wildman–Crippen MR) is 152 cm³/mol. The van der Waals surface area contributed by atoms with Gasteiger partial charge in [0.25, 0.3) is 0 Å². The van der Waals surface area contributed by atoms with E-state index in [1.807, 2.05) is 0 Å². The summed E-state index contributed by atoms with van der Waals surface area (Å²) in [7, 11) is -1.49. The molecule has 0 heterocycles. The van der Waals surface area contributed by atoms with Gasteiger partial charge in [0.2, 0.25) is 0 Å². The van der Waals surface area contributed by atoms with Gasteiger partial charge >= 0.3 is 0 Å². The van der Waals surface area contributed by atoms with Gasteiger partial charge in [-0.3, -0.25) is 0 Å². The summed E-state index contributed by atoms with van der Waals surface area (Å²) in [5.41, 5.74) is 3.24. The maximum Gasteiger partial charge on any atom is 0.0641 e. The maximum atomic E-state index is 2.70. The predicted octanol–water partition coefficient (Wildman–Crippen LogP) is 10.6. The molecule has 1 heteroatoms. The van der Waals surface area contributed by atoms with Crippen molar-refractivity contribution in [2.75, 3.05) is 0 Å². The molecule has 34 heavy (non-hydrogen) atoms. The summed E-state index contributed by atoms with van der Waals surface area (Å²) >= 11 is 0. The fraction of sp³-hybridized carbons (Fsp3) is 0.758. The molecule has 0 saturated heterocycles. The van der Waals surface area contributed by atoms with Gasteiger partial charge in [-0.25, -0.2) is 0 Å². The minimum atomic E-state index is -1.49. The highest BCUT2D eigenvalue weighted by molar-refractivity contribution is 6.84. The molecule has 5 rings (SSSR count). The lowest BCUT2D eigenvalue weighted by molar-refractivity contribution is 0.445. The lowest BCUT2D eigenvalue weighted by atomic mass is 9.91. The molecule has 0 amide bonds. The topological polar surface area (TPSA) is 0 Å². The van der Waals surface area contributed by atoms with E-state index in [-0.39, 0.29) is 0 Å². The summed E-state index contributed by atoms with van der Waals surface area (Å²) in [5.74, 6) is 3.48. The Balaban J connectivity index is 1.43. The standard InChI is InChI=1S/C33H52Si/c1-2-3-4-5-6-7-15-26-34(29-18-9-8-10-19-29,32-24-22-27-16-11-13-20-30(27)32)33-25-23-28-17-12-14-21-31(28)33/h11-14,16-17,20-21,27-33H,2-10,15,18-19,22-26H2,1H3/t27?,28?,30?,31?,32-,33-,34?/m0/s1. The number of hydrogen-bond donors (Lipinski definition) is 0. The van der Waals surface area contributed by atoms with Crippen LogP contribution < -0.4 is 0 Å². The fourth-order valence-electron chi connectivity index (χ4n) is 9.65. The molecule has 6 atom stereocenters. The van der Waals surface area contributed by atoms with Gasteiger partial charge in [-0.1, -0.05) is 151 Å². The van der Waals surface area contributed by atoms with Gasteiger partial charge in [0.15, 0.2) is 0 Å². The summed E-state index contributed by atoms with van der Waals surface area (Å²) in [5, 5.41) is 0. The summed E-state index contributed by atoms with van der Waals surface area (Å²) in [6.45, 7) is 2.34. The van der Waals surface area contributed by atoms with Crippen LogP contribution in [0.4, 0.5) is 0 Å². The summed E-state index contributed by atoms with van der Waals surface area (Å²) in [4.78, 5) is 0. The van der Waals surface area contributed by atoms with Gasteiger partial charge < -0.3 is 0 Å². The molecule has 0 spiro atoms. The second kappa shape index (κ2) is 11.9. The van der Waals surface area contributed by atoms with E-state index in [0.29, 0.717) is 0 Å². The van der Waals surface area contributed by atoms with Gasteiger partial charge in [-0.15, -0.1) is 0 Å². The molecular formula is C33H52Si. The first kappa shape index (κ1) is 24.9. The Morgan fingerprint density at radius 2 is 1.09 bits per heavy atom. The normalized spacial score (nSPS) is 36.5. The van der Waals surface area contributed by atoms with Crippen molar-refractivity contribution in [3.63, 3.8) is 0 Å². The first-order chi connectivity index (χ1) is 16.8. The smallest absolute Gasteiger partial charge is 0.0641 e. The lowest BCUT2D eigenvalue weighted by Crippen LogP contribution is -2.52. The Bertz CT molecular complexity index is 707. The van der Waals surface area contributed by atoms with Crippen LogP contribution in [0.5, 0.6) is 0 Å². The molecule has 0 N–H and O–H groups in total. The largest absolute Gasteiger partial charge is 0.0808 e. The summed E-state index contributed by atoms with van der Waals surface area (Å²) in [6.07, 6.45) is 44.3. The van der Waals surface area contributed by atoms with Crippen LogP contribution in [0.2, 0.25) is 22.7 Å². The van der Waals surface area contributed by atoms with Crippen molar-refractivity contribution in [2.45, 2.75) is 132 Å². The first-order valence-corrected chi connectivity index (χ1v) is 18.0. The molecule has 0 aromatic heterocycles. The van der Waals surface area contributed by atoms with Crippen molar-refractivity contribution in [1.29, 1.82) is 0 Å². The van der Waals surface area contributed by atoms with E-state index in [9.17, 15) is 0 Å². The Morgan fingerprint density at radius 3 is 1.68 bits per heavy atom. The number of rotatable bonds is 11. The van der Waals surface area contributed by atoms with Gasteiger partial charge in [0.1, 0.15) is 0 Å². The minimum absolute atomic E-state index is 0.860. The molecule has 3 fully saturated rings. The van der Waals surface area contributed by atoms with Crippen LogP contribution in [-0.2, 0) is 0 Å². The molecule has 0 nitrogen and oxygen atoms in total. The van der Waals surface area contributed by atoms with Crippen LogP contribution in [0.25, 0.3) is 0 Å². The Labute approximate surface area is 212 Å². The van der Waals surface area contributed by atoms with Crippen LogP contribution >= 0.6 is 0 Å². The molecule has 5 aliphatic carbocycles. The Kier molecular flexibility index (Phi) is 8.73. The monoisotopic (exact) mass is 476 g/mol. The fourth-order valence-corrected chi connectivity index (χ4v) is 18.5. The number of fused-ring (bicyclic) bond motifs is 2. The van der Waals surface area contributed by atoms with Gasteiger partial charge in [-0.2, -0.15) is 0 Å². The van der Waals surface area contributed by atoms with Gasteiger partial charge in [-0.05, 0) is 53.1 Å². The number of hydrogen-bond acceptors (Lipinski definition) is 0. The molecule has 188 valence electrons. The highest BCUT2D eigenvalue weighted by Crippen LogP contribution is 2.65. The molecule has 0 bridgehead atoms. The van der Waals surface area contributed by atoms with Gasteiger partial charge in [0.05, 0.1) is 8.07 Å². The zero-order valence-electron chi connectivity index (χ0n) is 22.2. The van der Waals surface area contributed by atoms with E-state index in [2.05, 4.69) is 55.5 Å². The zero-order valence-corrected chi connectivity index (χ0v) is 23.2. The molecule has 0 aliphatic heterocycles. The Hall–Kier alpha value is -0.823. The average Bonchev–Trinajstić information content (AvgIpc) is 3.52. The molecule has 3 saturated carbocycles. The van der Waals surface area contributed by atoms with E-state index in [4.69, 9.17) is 0 Å². The maximum absolute atomic E-state index is 2.70. The van der Waals surface area contributed by atoms with Crippen molar-refractivity contribution < 1.29 is 0 Å². The average molecular weight is 477 g/mol. The minimum Gasteiger partial charge on any atom is -0.0808 e. The molecule has 5 aliphatic rings. The third kappa shape index (κ3) is 5.02. The van der Waals surface area contributed by atoms with E-state index in [0.717, 1.165) is 40.3 Å². The molecule has 0 radical (unpaired) electrons. The van der Waals surface area contributed by atoms with Crippen LogP contribution in [0, 0.1) is 23.7 Å². The molecule has 0 aromatic carbocycles. The third-order valence-corrected chi connectivity index (χ3v) is 18.5. The Morgan fingerprint density at radius 1 is 0.559 bits per heavy atom. The van der Waals surface area contributed by atoms with Crippen LogP contribution in [0.1, 0.15) is 110 Å². The summed E-state index contributed by atoms with van der Waals surface area (Å²) in [6, 6.07) is 1.67. The SMILES string of the molecule is CCCCCCCCC[Si](C1CCCCC1)([C@H]1CCC2C=CC=CC21)[C@H]1CCC2C=CC=CC21. The molecule has 4 unspecified atom stereocenters. The number of allylic oxidation sites excluding steroid dienone is 8. The van der Waals surface area contributed by atoms with Crippen molar-refractivity contribution >= 4 is 8.07 Å². The van der Waals surface area contributed by atoms with Crippen molar-refractivity contribution in [2.24, 2.45) is 23.7 Å². The first-order valence-electron chi connectivity index (χ1n) is 15.5. The summed E-state index contributed by atoms with van der Waals surface area (Å²) < 4.78 is 0. The van der Waals surface area contributed by atoms with E-state index in [1.165, 1.54) is 70.6 Å². The van der Waals surface area contributed by atoms with E-state index >= 15 is 0 Å². The van der Waals surface area contributed by atoms with Crippen molar-refractivity contribution in [3.8, 4) is 0 Å². The van der Waals surface area contributed by atoms with Crippen LogP contribution in [0.3, 0.4) is 0 Å². The highest BCUT2D eigenvalue weighted by Gasteiger charge is 2.59. The van der Waals surface area contributed by atoms with Crippen molar-refractivity contribution in [1.82, 2.24) is 0 Å². The van der Waals surface area contributed by atoms with Crippen molar-refractivity contribution in [3.05, 3.63) is 48.6 Å². The second-order valence-electron chi connectivity index (χ2n) is 12.7. The molecule has 0 aromatic rings. The van der Waals surface area contributed by atoms with E-state index < -0.39 is 8.07 Å². The van der Waals surface area contributed by atoms with Crippen LogP contribution in [0.15, 0.2) is 48.6 Å². The molecular weight excluding hydrogens is 424 g/mol. The number of unbranched alkanes of at least 4 members (excludes halogenated alkanes) is 6. The van der Waals surface area contributed by atoms with Gasteiger partial charge in [0, 0.05) is 0 Å². The quantitative estimate of drug-likeness (QED) is 0.205. The zero-order chi connectivity index (χ0) is 23.2. The highest BCUT2D eigenvalue weighted by atomic mass is 28.3. The van der Waals surface area contributed by atoms with E-state index in [1.54, 1.807) is 38.1 Å². The van der Waals surface area contributed by atoms with Crippen LogP contribution in [-0.4, -0.2) is 8.07 Å². The third-order valence-electron chi connectivity index (χ3n) is 11.1. The lowest BCUT2D eigenvalue weighted by Gasteiger charge is -2.53. The second-order valence-corrected chi connectivity index (χ2v) is 17.7.